The number of imidazole rings is 1. The van der Waals surface area contributed by atoms with Crippen LogP contribution in [0.1, 0.15) is 78.1 Å². The summed E-state index contributed by atoms with van der Waals surface area (Å²) >= 11 is 0. The topological polar surface area (TPSA) is 24.3 Å². The third-order valence-electron chi connectivity index (χ3n) is 8.82. The first-order valence-electron chi connectivity index (χ1n) is 14.9. The monoisotopic (exact) mass is 514 g/mol. The minimum Gasteiger partial charge on any atom is -0.371 e. The second-order valence-corrected chi connectivity index (χ2v) is 12.3. The molecule has 0 bridgehead atoms. The molecule has 1 aromatic heterocycles. The molecule has 0 amide bonds. The molecule has 4 heteroatoms. The van der Waals surface area contributed by atoms with Crippen LogP contribution in [0.15, 0.2) is 78.3 Å². The summed E-state index contributed by atoms with van der Waals surface area (Å²) in [5.41, 5.74) is 4.25. The molecule has 1 aliphatic heterocycles. The molecule has 0 saturated carbocycles. The van der Waals surface area contributed by atoms with Crippen LogP contribution in [0.25, 0.3) is 0 Å². The highest BCUT2D eigenvalue weighted by Crippen LogP contribution is 2.37. The third kappa shape index (κ3) is 6.88. The minimum absolute atomic E-state index is 0.0429. The van der Waals surface area contributed by atoms with Gasteiger partial charge in [0.2, 0.25) is 0 Å². The number of likely N-dealkylation sites (tertiary alicyclic amines) is 1. The van der Waals surface area contributed by atoms with Gasteiger partial charge in [-0.3, -0.25) is 0 Å². The lowest BCUT2D eigenvalue weighted by molar-refractivity contribution is 0.0938. The van der Waals surface area contributed by atoms with E-state index in [-0.39, 0.29) is 5.41 Å². The molecular formula is C34H50N4. The molecule has 0 spiro atoms. The lowest BCUT2D eigenvalue weighted by Crippen LogP contribution is -2.51. The summed E-state index contributed by atoms with van der Waals surface area (Å²) in [6.45, 7) is 20.8. The van der Waals surface area contributed by atoms with Gasteiger partial charge in [-0.15, -0.1) is 0 Å². The van der Waals surface area contributed by atoms with E-state index in [2.05, 4.69) is 122 Å². The predicted molar refractivity (Wildman–Crippen MR) is 161 cm³/mol. The quantitative estimate of drug-likeness (QED) is 0.278. The fourth-order valence-electron chi connectivity index (χ4n) is 6.18. The lowest BCUT2D eigenvalue weighted by Gasteiger charge is -2.44. The summed E-state index contributed by atoms with van der Waals surface area (Å²) in [5, 5.41) is 0. The Bertz CT molecular complexity index is 1100. The molecule has 2 heterocycles. The number of rotatable bonds is 13. The van der Waals surface area contributed by atoms with Crippen LogP contribution in [-0.2, 0) is 12.0 Å². The number of hydrogen-bond donors (Lipinski definition) is 0. The molecule has 1 unspecified atom stereocenters. The van der Waals surface area contributed by atoms with E-state index in [1.54, 1.807) is 0 Å². The number of benzene rings is 1. The first-order valence-corrected chi connectivity index (χ1v) is 14.9. The molecule has 0 N–H and O–H groups in total. The van der Waals surface area contributed by atoms with Crippen LogP contribution >= 0.6 is 0 Å². The molecule has 2 aromatic rings. The van der Waals surface area contributed by atoms with Crippen molar-refractivity contribution in [3.05, 3.63) is 89.7 Å². The van der Waals surface area contributed by atoms with Crippen molar-refractivity contribution in [3.8, 4) is 0 Å². The summed E-state index contributed by atoms with van der Waals surface area (Å²) in [4.78, 5) is 9.99. The Labute approximate surface area is 232 Å². The average Bonchev–Trinajstić information content (AvgIpc) is 3.24. The van der Waals surface area contributed by atoms with Gasteiger partial charge in [0.25, 0.3) is 0 Å². The fourth-order valence-corrected chi connectivity index (χ4v) is 6.18. The van der Waals surface area contributed by atoms with Crippen molar-refractivity contribution < 1.29 is 0 Å². The van der Waals surface area contributed by atoms with Gasteiger partial charge in [0.1, 0.15) is 5.82 Å². The van der Waals surface area contributed by atoms with Crippen LogP contribution in [-0.4, -0.2) is 52.1 Å². The van der Waals surface area contributed by atoms with E-state index in [1.807, 2.05) is 6.20 Å². The summed E-state index contributed by atoms with van der Waals surface area (Å²) in [7, 11) is 0. The Morgan fingerprint density at radius 2 is 1.82 bits per heavy atom. The van der Waals surface area contributed by atoms with Crippen LogP contribution in [0.5, 0.6) is 0 Å². The predicted octanol–water partition coefficient (Wildman–Crippen LogP) is 7.42. The van der Waals surface area contributed by atoms with Gasteiger partial charge in [0.15, 0.2) is 0 Å². The summed E-state index contributed by atoms with van der Waals surface area (Å²) in [6, 6.07) is 11.2. The van der Waals surface area contributed by atoms with E-state index in [4.69, 9.17) is 0 Å². The molecule has 2 aliphatic rings. The first kappa shape index (κ1) is 28.4. The second kappa shape index (κ2) is 13.0. The van der Waals surface area contributed by atoms with Gasteiger partial charge in [-0.2, -0.15) is 0 Å². The van der Waals surface area contributed by atoms with Gasteiger partial charge >= 0.3 is 0 Å². The van der Waals surface area contributed by atoms with Gasteiger partial charge in [0.05, 0.1) is 0 Å². The zero-order valence-corrected chi connectivity index (χ0v) is 24.7. The Balaban J connectivity index is 1.38. The maximum Gasteiger partial charge on any atom is 0.111 e. The molecule has 4 nitrogen and oxygen atoms in total. The largest absolute Gasteiger partial charge is 0.371 e. The Morgan fingerprint density at radius 3 is 2.53 bits per heavy atom. The molecule has 38 heavy (non-hydrogen) atoms. The average molecular weight is 515 g/mol. The van der Waals surface area contributed by atoms with Crippen LogP contribution in [0.2, 0.25) is 0 Å². The van der Waals surface area contributed by atoms with Crippen molar-refractivity contribution in [2.75, 3.05) is 32.7 Å². The number of nitrogens with zero attached hydrogens (tertiary/aromatic N) is 4. The van der Waals surface area contributed by atoms with Crippen molar-refractivity contribution in [3.63, 3.8) is 0 Å². The fraction of sp³-hybridized carbons (Fsp3) is 0.559. The molecule has 1 aromatic carbocycles. The SMILES string of the molecule is CCCN(CCC(C)[C@@](C)(Cn1ccnc1C(C)C)c1ccccc1)CC1CN(C2=CCC=C(C)C=C2)C1. The second-order valence-electron chi connectivity index (χ2n) is 12.3. The van der Waals surface area contributed by atoms with Crippen LogP contribution in [0.4, 0.5) is 0 Å². The van der Waals surface area contributed by atoms with Gasteiger partial charge in [-0.1, -0.05) is 88.8 Å². The maximum atomic E-state index is 4.69. The molecule has 2 atom stereocenters. The van der Waals surface area contributed by atoms with E-state index in [9.17, 15) is 0 Å². The van der Waals surface area contributed by atoms with Gasteiger partial charge < -0.3 is 14.4 Å². The van der Waals surface area contributed by atoms with Crippen LogP contribution in [0, 0.1) is 11.8 Å². The van der Waals surface area contributed by atoms with E-state index >= 15 is 0 Å². The number of hydrogen-bond acceptors (Lipinski definition) is 3. The summed E-state index contributed by atoms with van der Waals surface area (Å²) in [5.74, 6) is 2.92. The standard InChI is InChI=1S/C34H50N4/c1-7-20-36(23-30-24-38(25-30)32-15-11-12-28(4)16-17-32)21-18-29(5)34(6,31-13-9-8-10-14-31)26-37-22-19-35-33(37)27(2)3/h8-10,12-17,19,22,27,29-30H,7,11,18,20-21,23-26H2,1-6H3/t29?,34-/m1/s1. The van der Waals surface area contributed by atoms with Crippen molar-refractivity contribution >= 4 is 0 Å². The maximum absolute atomic E-state index is 4.69. The van der Waals surface area contributed by atoms with Gasteiger partial charge in [-0.25, -0.2) is 4.98 Å². The normalized spacial score (nSPS) is 18.7. The Morgan fingerprint density at radius 1 is 1.05 bits per heavy atom. The molecule has 1 aliphatic carbocycles. The molecule has 206 valence electrons. The van der Waals surface area contributed by atoms with E-state index in [1.165, 1.54) is 68.2 Å². The van der Waals surface area contributed by atoms with E-state index in [0.29, 0.717) is 11.8 Å². The first-order chi connectivity index (χ1) is 18.3. The molecular weight excluding hydrogens is 464 g/mol. The van der Waals surface area contributed by atoms with Crippen molar-refractivity contribution in [1.82, 2.24) is 19.4 Å². The highest BCUT2D eigenvalue weighted by Gasteiger charge is 2.35. The summed E-state index contributed by atoms with van der Waals surface area (Å²) in [6.07, 6.45) is 16.9. The Kier molecular flexibility index (Phi) is 9.70. The Hall–Kier alpha value is -2.59. The van der Waals surface area contributed by atoms with Crippen molar-refractivity contribution in [2.45, 2.75) is 78.7 Å². The highest BCUT2D eigenvalue weighted by molar-refractivity contribution is 5.31. The van der Waals surface area contributed by atoms with Gasteiger partial charge in [0, 0.05) is 61.5 Å². The van der Waals surface area contributed by atoms with Gasteiger partial charge in [-0.05, 0) is 56.8 Å². The lowest BCUT2D eigenvalue weighted by atomic mass is 9.71. The summed E-state index contributed by atoms with van der Waals surface area (Å²) < 4.78 is 2.40. The van der Waals surface area contributed by atoms with E-state index < -0.39 is 0 Å². The van der Waals surface area contributed by atoms with E-state index in [0.717, 1.165) is 18.9 Å². The highest BCUT2D eigenvalue weighted by atomic mass is 15.2. The van der Waals surface area contributed by atoms with Crippen molar-refractivity contribution in [1.29, 1.82) is 0 Å². The molecule has 0 radical (unpaired) electrons. The van der Waals surface area contributed by atoms with Crippen LogP contribution in [0.3, 0.4) is 0 Å². The smallest absolute Gasteiger partial charge is 0.111 e. The zero-order valence-electron chi connectivity index (χ0n) is 24.7. The van der Waals surface area contributed by atoms with Crippen LogP contribution < -0.4 is 0 Å². The molecule has 4 rings (SSSR count). The molecule has 1 saturated heterocycles. The molecule has 1 fully saturated rings. The van der Waals surface area contributed by atoms with Crippen molar-refractivity contribution in [2.24, 2.45) is 11.8 Å². The number of allylic oxidation sites excluding steroid dienone is 5. The zero-order chi connectivity index (χ0) is 27.1. The number of aromatic nitrogens is 2. The third-order valence-corrected chi connectivity index (χ3v) is 8.82. The minimum atomic E-state index is 0.0429.